The van der Waals surface area contributed by atoms with E-state index in [0.29, 0.717) is 6.42 Å². The van der Waals surface area contributed by atoms with Crippen LogP contribution >= 0.6 is 12.4 Å². The summed E-state index contributed by atoms with van der Waals surface area (Å²) in [5.41, 5.74) is 0. The van der Waals surface area contributed by atoms with Crippen LogP contribution in [0, 0.1) is 11.7 Å². The van der Waals surface area contributed by atoms with E-state index in [-0.39, 0.29) is 30.4 Å². The number of rotatable bonds is 4. The molecule has 0 spiro atoms. The van der Waals surface area contributed by atoms with Crippen molar-refractivity contribution in [3.8, 4) is 0 Å². The molecule has 1 saturated heterocycles. The minimum Gasteiger partial charge on any atom is -0.481 e. The van der Waals surface area contributed by atoms with Gasteiger partial charge < -0.3 is 10.0 Å². The largest absolute Gasteiger partial charge is 0.481 e. The molecular formula is C14H17ClFNO5S. The van der Waals surface area contributed by atoms with Crippen LogP contribution in [0.1, 0.15) is 13.3 Å². The molecule has 1 N–H and O–H groups in total. The van der Waals surface area contributed by atoms with E-state index < -0.39 is 38.7 Å². The zero-order valence-electron chi connectivity index (χ0n) is 12.3. The van der Waals surface area contributed by atoms with Gasteiger partial charge in [-0.1, -0.05) is 0 Å². The summed E-state index contributed by atoms with van der Waals surface area (Å²) in [7, 11) is -3.94. The summed E-state index contributed by atoms with van der Waals surface area (Å²) in [6, 6.07) is 4.25. The standard InChI is InChI=1S/C14H16FNO5S.ClH/c1-9(13(17)16-7-6-10(8-16)14(18)19)22(20,21)12-4-2-11(15)3-5-12;/h2-5,9-10H,6-8H2,1H3,(H,18,19);1H. The monoisotopic (exact) mass is 365 g/mol. The van der Waals surface area contributed by atoms with Crippen molar-refractivity contribution in [3.63, 3.8) is 0 Å². The quantitative estimate of drug-likeness (QED) is 0.813. The lowest BCUT2D eigenvalue weighted by molar-refractivity contribution is -0.141. The summed E-state index contributed by atoms with van der Waals surface area (Å²) in [5.74, 6) is -2.86. The number of likely N-dealkylation sites (tertiary alicyclic amines) is 1. The Morgan fingerprint density at radius 1 is 1.30 bits per heavy atom. The smallest absolute Gasteiger partial charge is 0.308 e. The normalized spacial score (nSPS) is 19.0. The molecule has 0 bridgehead atoms. The molecule has 1 aliphatic rings. The Balaban J connectivity index is 0.00000264. The van der Waals surface area contributed by atoms with E-state index in [4.69, 9.17) is 5.11 Å². The molecule has 23 heavy (non-hydrogen) atoms. The Kier molecular flexibility index (Phi) is 6.12. The summed E-state index contributed by atoms with van der Waals surface area (Å²) in [6.45, 7) is 1.49. The predicted molar refractivity (Wildman–Crippen MR) is 82.6 cm³/mol. The first kappa shape index (κ1) is 19.4. The van der Waals surface area contributed by atoms with Gasteiger partial charge in [0.15, 0.2) is 9.84 Å². The van der Waals surface area contributed by atoms with Crippen molar-refractivity contribution in [2.24, 2.45) is 5.92 Å². The van der Waals surface area contributed by atoms with Crippen LogP contribution < -0.4 is 0 Å². The molecule has 128 valence electrons. The lowest BCUT2D eigenvalue weighted by Gasteiger charge is -2.20. The number of hydrogen-bond acceptors (Lipinski definition) is 4. The first-order valence-corrected chi connectivity index (χ1v) is 8.29. The molecular weight excluding hydrogens is 349 g/mol. The van der Waals surface area contributed by atoms with E-state index in [1.54, 1.807) is 0 Å². The number of aliphatic carboxylic acids is 1. The summed E-state index contributed by atoms with van der Waals surface area (Å²) in [6.07, 6.45) is 0.310. The number of hydrogen-bond donors (Lipinski definition) is 1. The minimum absolute atomic E-state index is 0. The van der Waals surface area contributed by atoms with Crippen LogP contribution in [-0.2, 0) is 19.4 Å². The zero-order chi connectivity index (χ0) is 16.5. The van der Waals surface area contributed by atoms with Crippen LogP contribution in [0.5, 0.6) is 0 Å². The highest BCUT2D eigenvalue weighted by Gasteiger charge is 2.37. The molecule has 0 aliphatic carbocycles. The number of carboxylic acids is 1. The van der Waals surface area contributed by atoms with Crippen molar-refractivity contribution in [3.05, 3.63) is 30.1 Å². The van der Waals surface area contributed by atoms with Gasteiger partial charge in [-0.05, 0) is 37.6 Å². The molecule has 9 heteroatoms. The van der Waals surface area contributed by atoms with Crippen molar-refractivity contribution >= 4 is 34.1 Å². The third kappa shape index (κ3) is 4.00. The molecule has 1 fully saturated rings. The Labute approximate surface area is 139 Å². The average Bonchev–Trinajstić information content (AvgIpc) is 2.96. The minimum atomic E-state index is -3.94. The van der Waals surface area contributed by atoms with Crippen LogP contribution in [0.25, 0.3) is 0 Å². The Bertz CT molecular complexity index is 692. The van der Waals surface area contributed by atoms with E-state index in [0.717, 1.165) is 24.3 Å². The van der Waals surface area contributed by atoms with E-state index in [1.807, 2.05) is 0 Å². The first-order chi connectivity index (χ1) is 10.2. The van der Waals surface area contributed by atoms with E-state index in [9.17, 15) is 22.4 Å². The maximum absolute atomic E-state index is 12.9. The number of benzene rings is 1. The molecule has 0 radical (unpaired) electrons. The van der Waals surface area contributed by atoms with Gasteiger partial charge in [-0.3, -0.25) is 9.59 Å². The van der Waals surface area contributed by atoms with Crippen molar-refractivity contribution in [2.45, 2.75) is 23.5 Å². The second kappa shape index (κ2) is 7.27. The fraction of sp³-hybridized carbons (Fsp3) is 0.429. The van der Waals surface area contributed by atoms with Gasteiger partial charge in [0, 0.05) is 13.1 Å². The van der Waals surface area contributed by atoms with Crippen molar-refractivity contribution in [1.29, 1.82) is 0 Å². The van der Waals surface area contributed by atoms with Crippen LogP contribution in [0.4, 0.5) is 4.39 Å². The fourth-order valence-electron chi connectivity index (χ4n) is 2.38. The lowest BCUT2D eigenvalue weighted by atomic mass is 10.1. The Morgan fingerprint density at radius 2 is 1.87 bits per heavy atom. The van der Waals surface area contributed by atoms with Gasteiger partial charge in [-0.25, -0.2) is 12.8 Å². The molecule has 1 amide bonds. The van der Waals surface area contributed by atoms with Gasteiger partial charge in [0.25, 0.3) is 0 Å². The maximum Gasteiger partial charge on any atom is 0.308 e. The highest BCUT2D eigenvalue weighted by atomic mass is 35.5. The van der Waals surface area contributed by atoms with Gasteiger partial charge in [0.2, 0.25) is 5.91 Å². The summed E-state index contributed by atoms with van der Waals surface area (Å²) in [5, 5.41) is 7.58. The van der Waals surface area contributed by atoms with Gasteiger partial charge in [0.1, 0.15) is 11.1 Å². The number of carbonyl (C=O) groups is 2. The number of halogens is 2. The molecule has 1 aromatic rings. The van der Waals surface area contributed by atoms with E-state index >= 15 is 0 Å². The first-order valence-electron chi connectivity index (χ1n) is 6.74. The Morgan fingerprint density at radius 3 is 2.35 bits per heavy atom. The third-order valence-electron chi connectivity index (χ3n) is 3.80. The molecule has 6 nitrogen and oxygen atoms in total. The van der Waals surface area contributed by atoms with Crippen molar-refractivity contribution in [2.75, 3.05) is 13.1 Å². The maximum atomic E-state index is 12.9. The van der Waals surface area contributed by atoms with Crippen LogP contribution in [-0.4, -0.2) is 48.6 Å². The third-order valence-corrected chi connectivity index (χ3v) is 5.87. The summed E-state index contributed by atoms with van der Waals surface area (Å²) >= 11 is 0. The summed E-state index contributed by atoms with van der Waals surface area (Å²) in [4.78, 5) is 24.3. The number of nitrogens with zero attached hydrogens (tertiary/aromatic N) is 1. The second-order valence-corrected chi connectivity index (χ2v) is 7.52. The van der Waals surface area contributed by atoms with Gasteiger partial charge in [0.05, 0.1) is 10.8 Å². The highest BCUT2D eigenvalue weighted by molar-refractivity contribution is 7.92. The molecule has 1 aliphatic heterocycles. The summed E-state index contributed by atoms with van der Waals surface area (Å²) < 4.78 is 37.6. The SMILES string of the molecule is CC(C(=O)N1CCC(C(=O)O)C1)S(=O)(=O)c1ccc(F)cc1.Cl. The second-order valence-electron chi connectivity index (χ2n) is 5.25. The molecule has 2 atom stereocenters. The molecule has 0 saturated carbocycles. The highest BCUT2D eigenvalue weighted by Crippen LogP contribution is 2.22. The van der Waals surface area contributed by atoms with Crippen LogP contribution in [0.15, 0.2) is 29.2 Å². The Hall–Kier alpha value is -1.67. The van der Waals surface area contributed by atoms with Gasteiger partial charge in [-0.15, -0.1) is 12.4 Å². The molecule has 2 rings (SSSR count). The lowest BCUT2D eigenvalue weighted by Crippen LogP contribution is -2.40. The number of carboxylic acid groups (broad SMARTS) is 1. The van der Waals surface area contributed by atoms with Gasteiger partial charge in [-0.2, -0.15) is 0 Å². The van der Waals surface area contributed by atoms with Crippen LogP contribution in [0.3, 0.4) is 0 Å². The topological polar surface area (TPSA) is 91.8 Å². The van der Waals surface area contributed by atoms with Gasteiger partial charge >= 0.3 is 5.97 Å². The number of amides is 1. The zero-order valence-corrected chi connectivity index (χ0v) is 13.9. The van der Waals surface area contributed by atoms with Crippen molar-refractivity contribution in [1.82, 2.24) is 4.90 Å². The van der Waals surface area contributed by atoms with E-state index in [1.165, 1.54) is 11.8 Å². The molecule has 1 heterocycles. The van der Waals surface area contributed by atoms with E-state index in [2.05, 4.69) is 0 Å². The number of carbonyl (C=O) groups excluding carboxylic acids is 1. The number of sulfone groups is 1. The predicted octanol–water partition coefficient (Wildman–Crippen LogP) is 1.34. The average molecular weight is 366 g/mol. The molecule has 2 unspecified atom stereocenters. The fourth-order valence-corrected chi connectivity index (χ4v) is 3.72. The van der Waals surface area contributed by atoms with Crippen LogP contribution in [0.2, 0.25) is 0 Å². The molecule has 0 aromatic heterocycles. The van der Waals surface area contributed by atoms with Crippen molar-refractivity contribution < 1.29 is 27.5 Å². The molecule has 1 aromatic carbocycles.